The number of benzene rings is 1. The van der Waals surface area contributed by atoms with Crippen molar-refractivity contribution in [3.63, 3.8) is 0 Å². The molecule has 1 unspecified atom stereocenters. The second-order valence-electron chi connectivity index (χ2n) is 4.75. The summed E-state index contributed by atoms with van der Waals surface area (Å²) >= 11 is 0. The van der Waals surface area contributed by atoms with Crippen LogP contribution in [0, 0.1) is 17.2 Å². The van der Waals surface area contributed by atoms with E-state index in [2.05, 4.69) is 18.2 Å². The first-order chi connectivity index (χ1) is 8.76. The lowest BCUT2D eigenvalue weighted by Gasteiger charge is -2.30. The SMILES string of the molecule is CCCC(C#N)C(=O)N1CCc2ccccc2C1. The summed E-state index contributed by atoms with van der Waals surface area (Å²) in [5.41, 5.74) is 2.54. The highest BCUT2D eigenvalue weighted by atomic mass is 16.2. The van der Waals surface area contributed by atoms with Crippen molar-refractivity contribution in [3.05, 3.63) is 35.4 Å². The van der Waals surface area contributed by atoms with E-state index in [1.165, 1.54) is 11.1 Å². The van der Waals surface area contributed by atoms with E-state index >= 15 is 0 Å². The molecule has 0 fully saturated rings. The summed E-state index contributed by atoms with van der Waals surface area (Å²) < 4.78 is 0. The molecule has 0 radical (unpaired) electrons. The number of nitriles is 1. The first kappa shape index (κ1) is 12.6. The summed E-state index contributed by atoms with van der Waals surface area (Å²) in [5.74, 6) is -0.478. The molecular formula is C15H18N2O. The topological polar surface area (TPSA) is 44.1 Å². The number of hydrogen-bond donors (Lipinski definition) is 0. The standard InChI is InChI=1S/C15H18N2O/c1-2-5-13(10-16)15(18)17-9-8-12-6-3-4-7-14(12)11-17/h3-4,6-7,13H,2,5,8-9,11H2,1H3. The van der Waals surface area contributed by atoms with Crippen LogP contribution in [0.2, 0.25) is 0 Å². The van der Waals surface area contributed by atoms with Crippen LogP contribution in [0.25, 0.3) is 0 Å². The average Bonchev–Trinajstić information content (AvgIpc) is 2.43. The van der Waals surface area contributed by atoms with Gasteiger partial charge in [-0.1, -0.05) is 37.6 Å². The molecule has 0 saturated heterocycles. The Morgan fingerprint density at radius 2 is 2.17 bits per heavy atom. The first-order valence-corrected chi connectivity index (χ1v) is 6.51. The Bertz CT molecular complexity index is 476. The fourth-order valence-electron chi connectivity index (χ4n) is 2.44. The zero-order valence-electron chi connectivity index (χ0n) is 10.7. The lowest BCUT2D eigenvalue weighted by Crippen LogP contribution is -2.39. The molecule has 1 amide bonds. The maximum Gasteiger partial charge on any atom is 0.240 e. The van der Waals surface area contributed by atoms with E-state index in [9.17, 15) is 4.79 Å². The van der Waals surface area contributed by atoms with Gasteiger partial charge in [-0.2, -0.15) is 5.26 Å². The third-order valence-corrected chi connectivity index (χ3v) is 3.47. The van der Waals surface area contributed by atoms with Crippen molar-refractivity contribution < 1.29 is 4.79 Å². The van der Waals surface area contributed by atoms with Crippen molar-refractivity contribution in [1.29, 1.82) is 5.26 Å². The quantitative estimate of drug-likeness (QED) is 0.817. The lowest BCUT2D eigenvalue weighted by molar-refractivity contribution is -0.134. The molecule has 94 valence electrons. The van der Waals surface area contributed by atoms with Crippen molar-refractivity contribution in [2.24, 2.45) is 5.92 Å². The predicted molar refractivity (Wildman–Crippen MR) is 69.6 cm³/mol. The highest BCUT2D eigenvalue weighted by Crippen LogP contribution is 2.21. The third kappa shape index (κ3) is 2.53. The van der Waals surface area contributed by atoms with Gasteiger partial charge in [-0.15, -0.1) is 0 Å². The number of fused-ring (bicyclic) bond motifs is 1. The maximum atomic E-state index is 12.2. The molecule has 18 heavy (non-hydrogen) atoms. The van der Waals surface area contributed by atoms with E-state index in [0.717, 1.165) is 19.4 Å². The van der Waals surface area contributed by atoms with Crippen LogP contribution in [0.3, 0.4) is 0 Å². The molecule has 0 aromatic heterocycles. The molecule has 1 heterocycles. The fourth-order valence-corrected chi connectivity index (χ4v) is 2.44. The van der Waals surface area contributed by atoms with Gasteiger partial charge in [0.15, 0.2) is 0 Å². The Kier molecular flexibility index (Phi) is 3.99. The van der Waals surface area contributed by atoms with Crippen LogP contribution < -0.4 is 0 Å². The third-order valence-electron chi connectivity index (χ3n) is 3.47. The highest BCUT2D eigenvalue weighted by Gasteiger charge is 2.26. The highest BCUT2D eigenvalue weighted by molar-refractivity contribution is 5.81. The number of hydrogen-bond acceptors (Lipinski definition) is 2. The van der Waals surface area contributed by atoms with E-state index in [0.29, 0.717) is 13.0 Å². The molecular weight excluding hydrogens is 224 g/mol. The summed E-state index contributed by atoms with van der Waals surface area (Å²) in [6.07, 6.45) is 2.42. The number of rotatable bonds is 3. The van der Waals surface area contributed by atoms with E-state index in [-0.39, 0.29) is 5.91 Å². The second-order valence-corrected chi connectivity index (χ2v) is 4.75. The normalized spacial score (nSPS) is 15.7. The number of nitrogens with zero attached hydrogens (tertiary/aromatic N) is 2. The number of amides is 1. The number of carbonyl (C=O) groups excluding carboxylic acids is 1. The van der Waals surface area contributed by atoms with Gasteiger partial charge in [0.1, 0.15) is 5.92 Å². The lowest BCUT2D eigenvalue weighted by atomic mass is 9.97. The molecule has 1 aromatic rings. The molecule has 1 aliphatic rings. The van der Waals surface area contributed by atoms with Gasteiger partial charge in [0.25, 0.3) is 0 Å². The van der Waals surface area contributed by atoms with Gasteiger partial charge in [-0.3, -0.25) is 4.79 Å². The molecule has 0 spiro atoms. The van der Waals surface area contributed by atoms with E-state index in [1.807, 2.05) is 24.0 Å². The van der Waals surface area contributed by atoms with Crippen LogP contribution >= 0.6 is 0 Å². The van der Waals surface area contributed by atoms with Crippen LogP contribution in [-0.4, -0.2) is 17.4 Å². The zero-order chi connectivity index (χ0) is 13.0. The Morgan fingerprint density at radius 1 is 1.44 bits per heavy atom. The monoisotopic (exact) mass is 242 g/mol. The Labute approximate surface area is 108 Å². The Hall–Kier alpha value is -1.82. The van der Waals surface area contributed by atoms with Crippen molar-refractivity contribution in [2.75, 3.05) is 6.54 Å². The summed E-state index contributed by atoms with van der Waals surface area (Å²) in [4.78, 5) is 14.1. The maximum absolute atomic E-state index is 12.2. The predicted octanol–water partition coefficient (Wildman–Crippen LogP) is 2.51. The molecule has 0 saturated carbocycles. The molecule has 0 aliphatic carbocycles. The van der Waals surface area contributed by atoms with Crippen molar-refractivity contribution >= 4 is 5.91 Å². The van der Waals surface area contributed by atoms with Crippen LogP contribution in [-0.2, 0) is 17.8 Å². The van der Waals surface area contributed by atoms with Crippen molar-refractivity contribution in [1.82, 2.24) is 4.90 Å². The van der Waals surface area contributed by atoms with Crippen molar-refractivity contribution in [3.8, 4) is 6.07 Å². The van der Waals surface area contributed by atoms with Gasteiger partial charge in [-0.05, 0) is 24.0 Å². The van der Waals surface area contributed by atoms with Crippen LogP contribution in [0.5, 0.6) is 0 Å². The minimum atomic E-state index is -0.472. The second kappa shape index (κ2) is 5.68. The summed E-state index contributed by atoms with van der Waals surface area (Å²) in [6.45, 7) is 3.39. The molecule has 1 atom stereocenters. The Balaban J connectivity index is 2.09. The summed E-state index contributed by atoms with van der Waals surface area (Å²) in [6, 6.07) is 10.3. The van der Waals surface area contributed by atoms with Gasteiger partial charge in [0.05, 0.1) is 6.07 Å². The fraction of sp³-hybridized carbons (Fsp3) is 0.467. The number of carbonyl (C=O) groups is 1. The largest absolute Gasteiger partial charge is 0.337 e. The zero-order valence-corrected chi connectivity index (χ0v) is 10.7. The summed E-state index contributed by atoms with van der Waals surface area (Å²) in [7, 11) is 0. The Morgan fingerprint density at radius 3 is 2.83 bits per heavy atom. The molecule has 3 heteroatoms. The summed E-state index contributed by atoms with van der Waals surface area (Å²) in [5, 5.41) is 9.06. The van der Waals surface area contributed by atoms with Gasteiger partial charge in [0, 0.05) is 13.1 Å². The van der Waals surface area contributed by atoms with Gasteiger partial charge in [-0.25, -0.2) is 0 Å². The van der Waals surface area contributed by atoms with Crippen molar-refractivity contribution in [2.45, 2.75) is 32.7 Å². The van der Waals surface area contributed by atoms with E-state index < -0.39 is 5.92 Å². The van der Waals surface area contributed by atoms with Gasteiger partial charge < -0.3 is 4.90 Å². The van der Waals surface area contributed by atoms with Gasteiger partial charge >= 0.3 is 0 Å². The van der Waals surface area contributed by atoms with Crippen LogP contribution in [0.4, 0.5) is 0 Å². The van der Waals surface area contributed by atoms with E-state index in [1.54, 1.807) is 0 Å². The van der Waals surface area contributed by atoms with E-state index in [4.69, 9.17) is 5.26 Å². The average molecular weight is 242 g/mol. The molecule has 2 rings (SSSR count). The van der Waals surface area contributed by atoms with Crippen LogP contribution in [0.1, 0.15) is 30.9 Å². The molecule has 1 aromatic carbocycles. The molecule has 0 bridgehead atoms. The molecule has 0 N–H and O–H groups in total. The van der Waals surface area contributed by atoms with Crippen LogP contribution in [0.15, 0.2) is 24.3 Å². The smallest absolute Gasteiger partial charge is 0.240 e. The minimum absolute atomic E-state index is 0.00569. The minimum Gasteiger partial charge on any atom is -0.337 e. The van der Waals surface area contributed by atoms with Gasteiger partial charge in [0.2, 0.25) is 5.91 Å². The molecule has 3 nitrogen and oxygen atoms in total. The first-order valence-electron chi connectivity index (χ1n) is 6.51. The molecule has 1 aliphatic heterocycles.